The van der Waals surface area contributed by atoms with E-state index in [0.29, 0.717) is 25.1 Å². The standard InChI is InChI=1S/C18H19N3O4.ClH/c22-14-4-3-13(16(23)20-14)21-7-11-10(17(21)24)1-2-12-15(11)25-9-18(12)5-6-19-8-18;/h1-2,13,19H,3-9H2,(H,20,22,23);1H. The molecule has 2 unspecified atom stereocenters. The molecule has 4 heterocycles. The molecule has 0 bridgehead atoms. The number of piperidine rings is 1. The van der Waals surface area contributed by atoms with Crippen molar-refractivity contribution in [1.82, 2.24) is 15.5 Å². The van der Waals surface area contributed by atoms with Gasteiger partial charge in [0.25, 0.3) is 5.91 Å². The van der Waals surface area contributed by atoms with E-state index in [2.05, 4.69) is 10.6 Å². The maximum atomic E-state index is 12.8. The third-order valence-corrected chi connectivity index (χ3v) is 5.97. The van der Waals surface area contributed by atoms with Crippen LogP contribution in [0.25, 0.3) is 0 Å². The molecule has 1 aromatic carbocycles. The van der Waals surface area contributed by atoms with Gasteiger partial charge in [-0.25, -0.2) is 0 Å². The van der Waals surface area contributed by atoms with Gasteiger partial charge in [-0.05, 0) is 25.5 Å². The molecule has 0 aliphatic carbocycles. The third-order valence-electron chi connectivity index (χ3n) is 5.97. The summed E-state index contributed by atoms with van der Waals surface area (Å²) in [5.41, 5.74) is 2.69. The first kappa shape index (κ1) is 17.3. The summed E-state index contributed by atoms with van der Waals surface area (Å²) in [5, 5.41) is 5.73. The van der Waals surface area contributed by atoms with Gasteiger partial charge in [0.15, 0.2) is 0 Å². The smallest absolute Gasteiger partial charge is 0.255 e. The fraction of sp³-hybridized carbons (Fsp3) is 0.500. The predicted octanol–water partition coefficient (Wildman–Crippen LogP) is 0.493. The number of nitrogens with one attached hydrogen (secondary N) is 2. The van der Waals surface area contributed by atoms with E-state index in [9.17, 15) is 14.4 Å². The summed E-state index contributed by atoms with van der Waals surface area (Å²) >= 11 is 0. The van der Waals surface area contributed by atoms with Gasteiger partial charge in [-0.3, -0.25) is 19.7 Å². The number of hydrogen-bond acceptors (Lipinski definition) is 5. The second-order valence-corrected chi connectivity index (χ2v) is 7.36. The van der Waals surface area contributed by atoms with Crippen molar-refractivity contribution in [3.05, 3.63) is 28.8 Å². The number of ether oxygens (including phenoxy) is 1. The molecule has 0 radical (unpaired) electrons. The summed E-state index contributed by atoms with van der Waals surface area (Å²) in [4.78, 5) is 37.9. The van der Waals surface area contributed by atoms with E-state index in [1.807, 2.05) is 12.1 Å². The van der Waals surface area contributed by atoms with Crippen LogP contribution in [-0.2, 0) is 21.5 Å². The van der Waals surface area contributed by atoms with E-state index in [-0.39, 0.29) is 42.0 Å². The molecule has 2 fully saturated rings. The minimum atomic E-state index is -0.586. The average molecular weight is 378 g/mol. The van der Waals surface area contributed by atoms with Crippen molar-refractivity contribution < 1.29 is 19.1 Å². The highest BCUT2D eigenvalue weighted by atomic mass is 35.5. The second-order valence-electron chi connectivity index (χ2n) is 7.36. The number of hydrogen-bond donors (Lipinski definition) is 2. The molecule has 1 aromatic rings. The zero-order valence-corrected chi connectivity index (χ0v) is 15.0. The Balaban J connectivity index is 0.00000168. The number of carbonyl (C=O) groups excluding carboxylic acids is 3. The van der Waals surface area contributed by atoms with Crippen LogP contribution >= 0.6 is 12.4 Å². The highest BCUT2D eigenvalue weighted by molar-refractivity contribution is 6.05. The van der Waals surface area contributed by atoms with E-state index in [1.54, 1.807) is 4.90 Å². The highest BCUT2D eigenvalue weighted by Gasteiger charge is 2.47. The first-order valence-electron chi connectivity index (χ1n) is 8.74. The van der Waals surface area contributed by atoms with E-state index in [4.69, 9.17) is 4.74 Å². The SMILES string of the molecule is Cl.O=C1CCC(N2Cc3c(ccc4c3OCC43CCNC3)C2=O)C(=O)N1. The Labute approximate surface area is 156 Å². The molecule has 8 heteroatoms. The van der Waals surface area contributed by atoms with Gasteiger partial charge in [-0.2, -0.15) is 0 Å². The first-order valence-corrected chi connectivity index (χ1v) is 8.74. The summed E-state index contributed by atoms with van der Waals surface area (Å²) in [5.74, 6) is 0.0162. The number of nitrogens with zero attached hydrogens (tertiary/aromatic N) is 1. The largest absolute Gasteiger partial charge is 0.492 e. The lowest BCUT2D eigenvalue weighted by Crippen LogP contribution is -2.52. The Bertz CT molecular complexity index is 819. The van der Waals surface area contributed by atoms with Crippen LogP contribution < -0.4 is 15.4 Å². The number of amides is 3. The number of rotatable bonds is 1. The van der Waals surface area contributed by atoms with Gasteiger partial charge in [0, 0.05) is 35.1 Å². The molecule has 2 saturated heterocycles. The summed E-state index contributed by atoms with van der Waals surface area (Å²) in [7, 11) is 0. The highest BCUT2D eigenvalue weighted by Crippen LogP contribution is 2.47. The number of fused-ring (bicyclic) bond motifs is 4. The average Bonchev–Trinajstić information content (AvgIpc) is 3.29. The monoisotopic (exact) mass is 377 g/mol. The fourth-order valence-corrected chi connectivity index (χ4v) is 4.58. The molecule has 26 heavy (non-hydrogen) atoms. The van der Waals surface area contributed by atoms with Crippen molar-refractivity contribution >= 4 is 30.1 Å². The van der Waals surface area contributed by atoms with Crippen LogP contribution in [0.15, 0.2) is 12.1 Å². The van der Waals surface area contributed by atoms with Crippen molar-refractivity contribution in [2.24, 2.45) is 0 Å². The molecule has 2 N–H and O–H groups in total. The van der Waals surface area contributed by atoms with Crippen molar-refractivity contribution in [3.8, 4) is 5.75 Å². The van der Waals surface area contributed by atoms with Crippen molar-refractivity contribution in [2.45, 2.75) is 37.3 Å². The maximum Gasteiger partial charge on any atom is 0.255 e. The third kappa shape index (κ3) is 2.27. The second kappa shape index (κ2) is 5.96. The fourth-order valence-electron chi connectivity index (χ4n) is 4.58. The Kier molecular flexibility index (Phi) is 3.96. The Hall–Kier alpha value is -2.12. The van der Waals surface area contributed by atoms with Gasteiger partial charge in [0.05, 0.1) is 13.2 Å². The van der Waals surface area contributed by atoms with Crippen molar-refractivity contribution in [1.29, 1.82) is 0 Å². The van der Waals surface area contributed by atoms with Crippen molar-refractivity contribution in [3.63, 3.8) is 0 Å². The van der Waals surface area contributed by atoms with Crippen LogP contribution in [0.4, 0.5) is 0 Å². The van der Waals surface area contributed by atoms with E-state index < -0.39 is 6.04 Å². The summed E-state index contributed by atoms with van der Waals surface area (Å²) < 4.78 is 6.03. The summed E-state index contributed by atoms with van der Waals surface area (Å²) in [6.45, 7) is 2.87. The summed E-state index contributed by atoms with van der Waals surface area (Å²) in [6, 6.07) is 3.30. The predicted molar refractivity (Wildman–Crippen MR) is 94.4 cm³/mol. The molecule has 5 rings (SSSR count). The molecule has 138 valence electrons. The van der Waals surface area contributed by atoms with Gasteiger partial charge >= 0.3 is 0 Å². The number of carbonyl (C=O) groups is 3. The van der Waals surface area contributed by atoms with Crippen LogP contribution in [0, 0.1) is 0 Å². The zero-order valence-electron chi connectivity index (χ0n) is 14.2. The molecule has 4 aliphatic heterocycles. The number of halogens is 1. The lowest BCUT2D eigenvalue weighted by molar-refractivity contribution is -0.136. The van der Waals surface area contributed by atoms with E-state index in [0.717, 1.165) is 30.8 Å². The Morgan fingerprint density at radius 2 is 2.08 bits per heavy atom. The normalized spacial score (nSPS) is 29.3. The van der Waals surface area contributed by atoms with Gasteiger partial charge in [-0.1, -0.05) is 6.07 Å². The van der Waals surface area contributed by atoms with E-state index in [1.165, 1.54) is 5.56 Å². The van der Waals surface area contributed by atoms with Gasteiger partial charge in [0.1, 0.15) is 11.8 Å². The van der Waals surface area contributed by atoms with Crippen molar-refractivity contribution in [2.75, 3.05) is 19.7 Å². The molecular formula is C18H20ClN3O4. The molecular weight excluding hydrogens is 358 g/mol. The Morgan fingerprint density at radius 1 is 1.23 bits per heavy atom. The lowest BCUT2D eigenvalue weighted by Gasteiger charge is -2.29. The first-order chi connectivity index (χ1) is 12.1. The van der Waals surface area contributed by atoms with Gasteiger partial charge in [0.2, 0.25) is 11.8 Å². The van der Waals surface area contributed by atoms with Gasteiger partial charge < -0.3 is 15.0 Å². The van der Waals surface area contributed by atoms with Crippen LogP contribution in [-0.4, -0.2) is 48.4 Å². The minimum absolute atomic E-state index is 0. The quantitative estimate of drug-likeness (QED) is 0.696. The molecule has 1 spiro atoms. The maximum absolute atomic E-state index is 12.8. The molecule has 0 saturated carbocycles. The van der Waals surface area contributed by atoms with E-state index >= 15 is 0 Å². The van der Waals surface area contributed by atoms with Crippen LogP contribution in [0.2, 0.25) is 0 Å². The topological polar surface area (TPSA) is 87.7 Å². The molecule has 7 nitrogen and oxygen atoms in total. The zero-order chi connectivity index (χ0) is 17.2. The van der Waals surface area contributed by atoms with Crippen LogP contribution in [0.1, 0.15) is 40.7 Å². The van der Waals surface area contributed by atoms with Gasteiger partial charge in [-0.15, -0.1) is 12.4 Å². The molecule has 4 aliphatic rings. The number of benzene rings is 1. The number of imide groups is 1. The van der Waals surface area contributed by atoms with Crippen LogP contribution in [0.5, 0.6) is 5.75 Å². The molecule has 0 aromatic heterocycles. The summed E-state index contributed by atoms with van der Waals surface area (Å²) in [6.07, 6.45) is 1.67. The minimum Gasteiger partial charge on any atom is -0.492 e. The Morgan fingerprint density at radius 3 is 2.81 bits per heavy atom. The molecule has 3 amide bonds. The van der Waals surface area contributed by atoms with Crippen LogP contribution in [0.3, 0.4) is 0 Å². The molecule has 2 atom stereocenters. The lowest BCUT2D eigenvalue weighted by atomic mass is 9.81.